The van der Waals surface area contributed by atoms with Gasteiger partial charge in [-0.15, -0.1) is 20.4 Å². The van der Waals surface area contributed by atoms with Crippen molar-refractivity contribution in [1.29, 1.82) is 0 Å². The summed E-state index contributed by atoms with van der Waals surface area (Å²) in [4.78, 5) is 41.3. The largest absolute Gasteiger partial charge is 0.495 e. The van der Waals surface area contributed by atoms with Gasteiger partial charge in [-0.2, -0.15) is 0 Å². The molecule has 0 aromatic carbocycles. The normalized spacial score (nSPS) is 18.5. The fraction of sp³-hybridized carbons (Fsp3) is 0.611. The van der Waals surface area contributed by atoms with Crippen molar-refractivity contribution < 1.29 is 27.1 Å². The van der Waals surface area contributed by atoms with Gasteiger partial charge in [0.05, 0.1) is 47.9 Å². The summed E-state index contributed by atoms with van der Waals surface area (Å²) in [6, 6.07) is 17.8. The molecule has 6 saturated heterocycles. The monoisotopic (exact) mass is 1370 g/mol. The van der Waals surface area contributed by atoms with Gasteiger partial charge >= 0.3 is 24.1 Å². The van der Waals surface area contributed by atoms with Crippen LogP contribution < -0.4 is 29.1 Å². The summed E-state index contributed by atoms with van der Waals surface area (Å²) in [6.07, 6.45) is 11.6. The molecule has 0 aliphatic carbocycles. The van der Waals surface area contributed by atoms with Crippen LogP contribution in [0.5, 0.6) is 11.5 Å². The third-order valence-electron chi connectivity index (χ3n) is 20.3. The molecule has 6 aliphatic heterocycles. The van der Waals surface area contributed by atoms with Gasteiger partial charge in [-0.05, 0) is 145 Å². The predicted molar refractivity (Wildman–Crippen MR) is 387 cm³/mol. The van der Waals surface area contributed by atoms with Gasteiger partial charge in [-0.1, -0.05) is 20.4 Å². The van der Waals surface area contributed by atoms with Gasteiger partial charge in [0.1, 0.15) is 11.5 Å². The minimum atomic E-state index is 0.470. The molecule has 8 aromatic rings. The van der Waals surface area contributed by atoms with Crippen molar-refractivity contribution in [3.63, 3.8) is 0 Å². The molecule has 14 rings (SSSR count). The lowest BCUT2D eigenvalue weighted by atomic mass is 10.0. The van der Waals surface area contributed by atoms with Gasteiger partial charge in [-0.3, -0.25) is 49.3 Å². The molecule has 100 heavy (non-hydrogen) atoms. The van der Waals surface area contributed by atoms with Crippen LogP contribution in [-0.4, -0.2) is 271 Å². The van der Waals surface area contributed by atoms with E-state index in [9.17, 15) is 0 Å². The van der Waals surface area contributed by atoms with Crippen LogP contribution in [0.4, 0.5) is 24.1 Å². The topological polar surface area (TPSA) is 258 Å². The number of pyridine rings is 4. The average Bonchev–Trinajstić information content (AvgIpc) is 1.71. The molecule has 28 heteroatoms. The fourth-order valence-corrected chi connectivity index (χ4v) is 13.6. The number of methoxy groups -OCH3 is 2. The number of piperidine rings is 2. The Balaban J connectivity index is 0.000000135. The van der Waals surface area contributed by atoms with Crippen LogP contribution in [0.3, 0.4) is 0 Å². The SMILES string of the molecule is COc1cc(-c2nnc(N3CCC(N4CCN(C(C)C)CC4)CC3)o2)cnc1C.COc1cc(-c2nnc(N3CCN(C(C)C)CC3)o2)cnc1C.Cc1ccc(-c2nnc(N3CCC(N4CCN(C(C)C)CC4)CC3)o2)cn1.Cc1ccc(-c2nnc(N3CCN(C(C)C)CC3)o2)cn1. The van der Waals surface area contributed by atoms with Crippen molar-refractivity contribution in [1.82, 2.24) is 90.1 Å². The molecule has 6 aliphatic rings. The van der Waals surface area contributed by atoms with Crippen molar-refractivity contribution in [2.24, 2.45) is 0 Å². The third-order valence-corrected chi connectivity index (χ3v) is 20.3. The van der Waals surface area contributed by atoms with Crippen LogP contribution in [-0.2, 0) is 0 Å². The summed E-state index contributed by atoms with van der Waals surface area (Å²) in [5.74, 6) is 3.47. The van der Waals surface area contributed by atoms with E-state index in [1.807, 2.05) is 64.1 Å². The summed E-state index contributed by atoms with van der Waals surface area (Å²) in [5.41, 5.74) is 6.92. The number of hydrogen-bond donors (Lipinski definition) is 0. The quantitative estimate of drug-likeness (QED) is 0.0875. The second-order valence-electron chi connectivity index (χ2n) is 28.0. The summed E-state index contributed by atoms with van der Waals surface area (Å²) in [7, 11) is 3.27. The first-order valence-electron chi connectivity index (χ1n) is 36.0. The number of rotatable bonds is 16. The van der Waals surface area contributed by atoms with Crippen molar-refractivity contribution in [3.05, 3.63) is 84.0 Å². The van der Waals surface area contributed by atoms with Crippen LogP contribution in [0.15, 0.2) is 78.9 Å². The molecule has 0 bridgehead atoms. The maximum atomic E-state index is 5.96. The molecule has 8 aromatic heterocycles. The van der Waals surface area contributed by atoms with Crippen LogP contribution in [0, 0.1) is 27.7 Å². The van der Waals surface area contributed by atoms with Gasteiger partial charge < -0.3 is 46.7 Å². The van der Waals surface area contributed by atoms with E-state index in [-0.39, 0.29) is 0 Å². The molecule has 0 spiro atoms. The van der Waals surface area contributed by atoms with Gasteiger partial charge in [-0.25, -0.2) is 0 Å². The maximum Gasteiger partial charge on any atom is 0.318 e. The number of aromatic nitrogens is 12. The minimum absolute atomic E-state index is 0.470. The molecule has 540 valence electrons. The number of piperazine rings is 4. The fourth-order valence-electron chi connectivity index (χ4n) is 13.6. The lowest BCUT2D eigenvalue weighted by Gasteiger charge is -2.43. The van der Waals surface area contributed by atoms with Crippen LogP contribution in [0.1, 0.15) is 104 Å². The Bertz CT molecular complexity index is 3750. The number of aryl methyl sites for hydroxylation is 4. The molecule has 0 atom stereocenters. The first-order valence-corrected chi connectivity index (χ1v) is 36.0. The Hall–Kier alpha value is -8.28. The Morgan fingerprint density at radius 2 is 0.600 bits per heavy atom. The standard InChI is InChI=1S/C21H32N6O2.C20H30N6O.C16H23N5O2.C15H21N5O/c1-15(2)25-9-11-26(12-10-25)18-5-7-27(8-6-18)21-24-23-20(29-21)17-13-19(28-4)16(3)22-14-17;1-15(2)24-10-12-25(13-11-24)18-6-8-26(9-7-18)20-23-22-19(27-20)17-5-4-16(3)21-14-17;1-11(2)20-5-7-21(8-6-20)16-19-18-15(23-16)13-9-14(22-4)12(3)17-10-13;1-11(2)19-6-8-20(9-7-19)15-18-17-14(21-15)13-5-4-12(3)16-10-13/h13-15,18H,5-12H2,1-4H3;4-5,14-15,18H,6-13H2,1-3H3;9-11H,5-8H2,1-4H3;4-5,10-11H,6-9H2,1-3H3. The van der Waals surface area contributed by atoms with Gasteiger partial charge in [0, 0.05) is 203 Å². The highest BCUT2D eigenvalue weighted by molar-refractivity contribution is 5.57. The second kappa shape index (κ2) is 34.4. The molecule has 6 fully saturated rings. The lowest BCUT2D eigenvalue weighted by molar-refractivity contribution is 0.0689. The van der Waals surface area contributed by atoms with E-state index in [1.54, 1.807) is 39.0 Å². The number of hydrogen-bond acceptors (Lipinski definition) is 28. The number of anilines is 4. The highest BCUT2D eigenvalue weighted by atomic mass is 16.5. The molecule has 0 radical (unpaired) electrons. The van der Waals surface area contributed by atoms with Crippen molar-refractivity contribution >= 4 is 24.1 Å². The second-order valence-corrected chi connectivity index (χ2v) is 28.0. The average molecular weight is 1380 g/mol. The first-order chi connectivity index (χ1) is 48.4. The van der Waals surface area contributed by atoms with Crippen molar-refractivity contribution in [2.45, 2.75) is 145 Å². The smallest absolute Gasteiger partial charge is 0.318 e. The summed E-state index contributed by atoms with van der Waals surface area (Å²) in [6.45, 7) is 46.8. The number of ether oxygens (including phenoxy) is 2. The van der Waals surface area contributed by atoms with Crippen molar-refractivity contribution in [2.75, 3.05) is 165 Å². The van der Waals surface area contributed by atoms with E-state index in [1.165, 1.54) is 52.4 Å². The molecule has 0 amide bonds. The Labute approximate surface area is 589 Å². The summed E-state index contributed by atoms with van der Waals surface area (Å²) in [5, 5.41) is 33.6. The van der Waals surface area contributed by atoms with E-state index in [2.05, 4.69) is 165 Å². The van der Waals surface area contributed by atoms with E-state index < -0.39 is 0 Å². The number of nitrogens with zero attached hydrogens (tertiary/aromatic N) is 22. The Morgan fingerprint density at radius 1 is 0.330 bits per heavy atom. The van der Waals surface area contributed by atoms with E-state index in [0.29, 0.717) is 89.6 Å². The molecule has 0 N–H and O–H groups in total. The van der Waals surface area contributed by atoms with Gasteiger partial charge in [0.2, 0.25) is 0 Å². The molecule has 0 unspecified atom stereocenters. The third kappa shape index (κ3) is 18.8. The molecule has 28 nitrogen and oxygen atoms in total. The van der Waals surface area contributed by atoms with Gasteiger partial charge in [0.25, 0.3) is 23.6 Å². The first kappa shape index (κ1) is 73.0. The lowest BCUT2D eigenvalue weighted by Crippen LogP contribution is -2.54. The molecular weight excluding hydrogens is 1270 g/mol. The van der Waals surface area contributed by atoms with E-state index in [0.717, 1.165) is 155 Å². The zero-order valence-corrected chi connectivity index (χ0v) is 61.5. The van der Waals surface area contributed by atoms with Crippen molar-refractivity contribution in [3.8, 4) is 57.3 Å². The zero-order valence-electron chi connectivity index (χ0n) is 61.5. The Kier molecular flexibility index (Phi) is 25.1. The molecule has 0 saturated carbocycles. The summed E-state index contributed by atoms with van der Waals surface area (Å²) >= 11 is 0. The van der Waals surface area contributed by atoms with Crippen LogP contribution in [0.25, 0.3) is 45.8 Å². The summed E-state index contributed by atoms with van der Waals surface area (Å²) < 4.78 is 34.1. The predicted octanol–water partition coefficient (Wildman–Crippen LogP) is 8.83. The zero-order chi connectivity index (χ0) is 70.4. The molecular formula is C72H106N22O6. The van der Waals surface area contributed by atoms with Gasteiger partial charge in [0.15, 0.2) is 0 Å². The molecule has 14 heterocycles. The van der Waals surface area contributed by atoms with E-state index >= 15 is 0 Å². The Morgan fingerprint density at radius 3 is 0.870 bits per heavy atom. The van der Waals surface area contributed by atoms with Crippen LogP contribution >= 0.6 is 0 Å². The maximum absolute atomic E-state index is 5.96. The highest BCUT2D eigenvalue weighted by Crippen LogP contribution is 2.32. The van der Waals surface area contributed by atoms with Crippen LogP contribution in [0.2, 0.25) is 0 Å². The van der Waals surface area contributed by atoms with E-state index in [4.69, 9.17) is 27.1 Å². The highest BCUT2D eigenvalue weighted by Gasteiger charge is 2.33. The minimum Gasteiger partial charge on any atom is -0.495 e.